The summed E-state index contributed by atoms with van der Waals surface area (Å²) in [6.45, 7) is 2.99. The summed E-state index contributed by atoms with van der Waals surface area (Å²) in [4.78, 5) is 0. The van der Waals surface area contributed by atoms with Crippen molar-refractivity contribution in [3.8, 4) is 5.75 Å². The number of nitrogens with one attached hydrogen (secondary N) is 1. The van der Waals surface area contributed by atoms with Gasteiger partial charge in [0.05, 0.1) is 18.2 Å². The summed E-state index contributed by atoms with van der Waals surface area (Å²) in [5, 5.41) is 4.29. The van der Waals surface area contributed by atoms with Gasteiger partial charge in [-0.25, -0.2) is 0 Å². The lowest BCUT2D eigenvalue weighted by molar-refractivity contribution is 0.414. The Labute approximate surface area is 138 Å². The predicted molar refractivity (Wildman–Crippen MR) is 92.7 cm³/mol. The minimum Gasteiger partial charge on any atom is -0.497 e. The van der Waals surface area contributed by atoms with Gasteiger partial charge in [-0.2, -0.15) is 0 Å². The maximum atomic E-state index is 6.24. The lowest BCUT2D eigenvalue weighted by atomic mass is 9.98. The number of benzene rings is 2. The summed E-state index contributed by atoms with van der Waals surface area (Å²) in [5.41, 5.74) is 2.37. The van der Waals surface area contributed by atoms with Crippen LogP contribution in [-0.2, 0) is 0 Å². The fourth-order valence-corrected chi connectivity index (χ4v) is 2.65. The van der Waals surface area contributed by atoms with Crippen LogP contribution in [0.15, 0.2) is 42.5 Å². The molecule has 0 radical (unpaired) electrons. The van der Waals surface area contributed by atoms with Crippen molar-refractivity contribution in [3.05, 3.63) is 62.2 Å². The van der Waals surface area contributed by atoms with Crippen LogP contribution in [0.1, 0.15) is 24.1 Å². The summed E-state index contributed by atoms with van der Waals surface area (Å²) in [6.07, 6.45) is 0. The average Bonchev–Trinajstić information content (AvgIpc) is 2.48. The molecule has 1 atom stereocenters. The van der Waals surface area contributed by atoms with Gasteiger partial charge in [-0.15, -0.1) is 0 Å². The molecule has 106 valence electrons. The highest BCUT2D eigenvalue weighted by atomic mass is 127. The molecule has 0 heterocycles. The second kappa shape index (κ2) is 7.29. The van der Waals surface area contributed by atoms with Crippen molar-refractivity contribution in [2.45, 2.75) is 13.0 Å². The van der Waals surface area contributed by atoms with Crippen molar-refractivity contribution in [2.75, 3.05) is 13.7 Å². The average molecular weight is 402 g/mol. The van der Waals surface area contributed by atoms with Gasteiger partial charge in [0, 0.05) is 3.57 Å². The van der Waals surface area contributed by atoms with Gasteiger partial charge < -0.3 is 10.1 Å². The van der Waals surface area contributed by atoms with E-state index in [1.165, 1.54) is 11.1 Å². The van der Waals surface area contributed by atoms with Crippen molar-refractivity contribution in [1.29, 1.82) is 0 Å². The highest BCUT2D eigenvalue weighted by Gasteiger charge is 2.14. The molecule has 2 rings (SSSR count). The van der Waals surface area contributed by atoms with Crippen molar-refractivity contribution in [3.63, 3.8) is 0 Å². The molecular formula is C16H17ClINO. The standard InChI is InChI=1S/C16H17ClINO/c1-3-19-16(11-4-7-13(20-2)8-5-11)12-6-9-15(18)14(17)10-12/h4-10,16,19H,3H2,1-2H3. The zero-order valence-corrected chi connectivity index (χ0v) is 14.4. The molecule has 2 aromatic carbocycles. The van der Waals surface area contributed by atoms with Crippen LogP contribution in [0.25, 0.3) is 0 Å². The van der Waals surface area contributed by atoms with E-state index in [9.17, 15) is 0 Å². The fourth-order valence-electron chi connectivity index (χ4n) is 2.12. The van der Waals surface area contributed by atoms with Crippen LogP contribution in [0, 0.1) is 3.57 Å². The van der Waals surface area contributed by atoms with E-state index < -0.39 is 0 Å². The van der Waals surface area contributed by atoms with Crippen LogP contribution >= 0.6 is 34.2 Å². The Bertz CT molecular complexity index is 571. The Balaban J connectivity index is 2.35. The van der Waals surface area contributed by atoms with E-state index >= 15 is 0 Å². The molecule has 0 saturated heterocycles. The summed E-state index contributed by atoms with van der Waals surface area (Å²) >= 11 is 8.48. The first-order chi connectivity index (χ1) is 9.65. The first kappa shape index (κ1) is 15.6. The summed E-state index contributed by atoms with van der Waals surface area (Å²) in [5.74, 6) is 0.865. The molecule has 0 spiro atoms. The molecule has 1 N–H and O–H groups in total. The largest absolute Gasteiger partial charge is 0.497 e. The van der Waals surface area contributed by atoms with Gasteiger partial charge >= 0.3 is 0 Å². The molecule has 0 aliphatic rings. The van der Waals surface area contributed by atoms with Crippen molar-refractivity contribution >= 4 is 34.2 Å². The number of ether oxygens (including phenoxy) is 1. The summed E-state index contributed by atoms with van der Waals surface area (Å²) in [6, 6.07) is 14.5. The molecule has 0 fully saturated rings. The fraction of sp³-hybridized carbons (Fsp3) is 0.250. The first-order valence-corrected chi connectivity index (χ1v) is 7.93. The van der Waals surface area contributed by atoms with Crippen LogP contribution in [0.5, 0.6) is 5.75 Å². The third kappa shape index (κ3) is 3.65. The van der Waals surface area contributed by atoms with E-state index in [4.69, 9.17) is 16.3 Å². The van der Waals surface area contributed by atoms with Crippen molar-refractivity contribution < 1.29 is 4.74 Å². The molecule has 0 amide bonds. The molecule has 20 heavy (non-hydrogen) atoms. The molecule has 2 aromatic rings. The Hall–Kier alpha value is -0.780. The third-order valence-corrected chi connectivity index (χ3v) is 4.71. The van der Waals surface area contributed by atoms with Gasteiger partial charge in [0.25, 0.3) is 0 Å². The summed E-state index contributed by atoms with van der Waals surface area (Å²) < 4.78 is 6.27. The van der Waals surface area contributed by atoms with Gasteiger partial charge in [0.15, 0.2) is 0 Å². The summed E-state index contributed by atoms with van der Waals surface area (Å²) in [7, 11) is 1.68. The first-order valence-electron chi connectivity index (χ1n) is 6.48. The molecule has 0 aliphatic heterocycles. The van der Waals surface area contributed by atoms with Gasteiger partial charge in [0.2, 0.25) is 0 Å². The molecule has 4 heteroatoms. The predicted octanol–water partition coefficient (Wildman–Crippen LogP) is 4.65. The van der Waals surface area contributed by atoms with Crippen LogP contribution in [-0.4, -0.2) is 13.7 Å². The Morgan fingerprint density at radius 3 is 2.35 bits per heavy atom. The Kier molecular flexibility index (Phi) is 5.69. The molecular weight excluding hydrogens is 385 g/mol. The lowest BCUT2D eigenvalue weighted by Crippen LogP contribution is -2.22. The van der Waals surface area contributed by atoms with E-state index in [0.717, 1.165) is 20.9 Å². The molecule has 2 nitrogen and oxygen atoms in total. The smallest absolute Gasteiger partial charge is 0.118 e. The minimum atomic E-state index is 0.139. The molecule has 1 unspecified atom stereocenters. The maximum Gasteiger partial charge on any atom is 0.118 e. The van der Waals surface area contributed by atoms with Gasteiger partial charge in [0.1, 0.15) is 5.75 Å². The normalized spacial score (nSPS) is 12.2. The number of hydrogen-bond donors (Lipinski definition) is 1. The zero-order chi connectivity index (χ0) is 14.5. The second-order valence-electron chi connectivity index (χ2n) is 4.44. The number of methoxy groups -OCH3 is 1. The monoisotopic (exact) mass is 401 g/mol. The van der Waals surface area contributed by atoms with Crippen LogP contribution in [0.2, 0.25) is 5.02 Å². The molecule has 0 saturated carbocycles. The highest BCUT2D eigenvalue weighted by molar-refractivity contribution is 14.1. The number of halogens is 2. The van der Waals surface area contributed by atoms with Crippen molar-refractivity contribution in [1.82, 2.24) is 5.32 Å². The van der Waals surface area contributed by atoms with Crippen LogP contribution in [0.3, 0.4) is 0 Å². The Morgan fingerprint density at radius 1 is 1.15 bits per heavy atom. The van der Waals surface area contributed by atoms with E-state index in [0.29, 0.717) is 0 Å². The van der Waals surface area contributed by atoms with E-state index in [1.807, 2.05) is 24.3 Å². The lowest BCUT2D eigenvalue weighted by Gasteiger charge is -2.20. The van der Waals surface area contributed by atoms with E-state index in [2.05, 4.69) is 53.0 Å². The molecule has 0 bridgehead atoms. The van der Waals surface area contributed by atoms with Gasteiger partial charge in [-0.1, -0.05) is 36.7 Å². The van der Waals surface area contributed by atoms with E-state index in [1.54, 1.807) is 7.11 Å². The third-order valence-electron chi connectivity index (χ3n) is 3.13. The van der Waals surface area contributed by atoms with E-state index in [-0.39, 0.29) is 6.04 Å². The highest BCUT2D eigenvalue weighted by Crippen LogP contribution is 2.28. The topological polar surface area (TPSA) is 21.3 Å². The SMILES string of the molecule is CCNC(c1ccc(OC)cc1)c1ccc(I)c(Cl)c1. The molecule has 0 aromatic heterocycles. The Morgan fingerprint density at radius 2 is 1.80 bits per heavy atom. The van der Waals surface area contributed by atoms with Gasteiger partial charge in [-0.05, 0) is 64.5 Å². The zero-order valence-electron chi connectivity index (χ0n) is 11.5. The maximum absolute atomic E-state index is 6.24. The van der Waals surface area contributed by atoms with Crippen LogP contribution < -0.4 is 10.1 Å². The minimum absolute atomic E-state index is 0.139. The van der Waals surface area contributed by atoms with Crippen LogP contribution in [0.4, 0.5) is 0 Å². The second-order valence-corrected chi connectivity index (χ2v) is 6.01. The molecule has 0 aliphatic carbocycles. The quantitative estimate of drug-likeness (QED) is 0.736. The van der Waals surface area contributed by atoms with Gasteiger partial charge in [-0.3, -0.25) is 0 Å². The number of rotatable bonds is 5. The van der Waals surface area contributed by atoms with Crippen molar-refractivity contribution in [2.24, 2.45) is 0 Å². The number of hydrogen-bond acceptors (Lipinski definition) is 2.